The molecular formula is C20H23FN6O. The molecule has 0 aliphatic carbocycles. The summed E-state index contributed by atoms with van der Waals surface area (Å²) in [6.07, 6.45) is 0. The molecule has 3 N–H and O–H groups in total. The monoisotopic (exact) mass is 382 g/mol. The van der Waals surface area contributed by atoms with Gasteiger partial charge in [-0.05, 0) is 11.1 Å². The average molecular weight is 382 g/mol. The summed E-state index contributed by atoms with van der Waals surface area (Å²) in [5.41, 5.74) is 3.83. The van der Waals surface area contributed by atoms with Crippen molar-refractivity contribution in [1.29, 1.82) is 0 Å². The fraction of sp³-hybridized carbons (Fsp3) is 0.300. The van der Waals surface area contributed by atoms with E-state index in [-0.39, 0.29) is 13.3 Å². The molecule has 0 saturated heterocycles. The Morgan fingerprint density at radius 2 is 1.11 bits per heavy atom. The lowest BCUT2D eigenvalue weighted by atomic mass is 10.1. The van der Waals surface area contributed by atoms with Crippen LogP contribution in [0.15, 0.2) is 48.5 Å². The Bertz CT molecular complexity index is 768. The van der Waals surface area contributed by atoms with Gasteiger partial charge in [0, 0.05) is 37.3 Å². The summed E-state index contributed by atoms with van der Waals surface area (Å²) in [5, 5.41) is 31.7. The quantitative estimate of drug-likeness (QED) is 0.460. The lowest BCUT2D eigenvalue weighted by molar-refractivity contribution is 0.292. The van der Waals surface area contributed by atoms with E-state index >= 15 is 0 Å². The molecule has 0 amide bonds. The van der Waals surface area contributed by atoms with Crippen molar-refractivity contribution in [3.63, 3.8) is 0 Å². The topological polar surface area (TPSA) is 95.8 Å². The first-order valence-electron chi connectivity index (χ1n) is 9.14. The molecule has 0 aliphatic heterocycles. The number of hydrogen-bond acceptors (Lipinski definition) is 7. The van der Waals surface area contributed by atoms with Gasteiger partial charge in [-0.15, -0.1) is 20.4 Å². The van der Waals surface area contributed by atoms with E-state index in [4.69, 9.17) is 5.11 Å². The molecule has 2 aromatic carbocycles. The fourth-order valence-corrected chi connectivity index (χ4v) is 2.62. The van der Waals surface area contributed by atoms with Gasteiger partial charge in [0.25, 0.3) is 0 Å². The molecule has 8 heteroatoms. The molecule has 0 saturated carbocycles. The second-order valence-electron chi connectivity index (χ2n) is 6.21. The van der Waals surface area contributed by atoms with Crippen LogP contribution in [0.2, 0.25) is 0 Å². The van der Waals surface area contributed by atoms with E-state index in [0.717, 1.165) is 22.3 Å². The minimum atomic E-state index is -0.376. The molecule has 0 bridgehead atoms. The third kappa shape index (κ3) is 5.59. The fourth-order valence-electron chi connectivity index (χ4n) is 2.62. The number of nitrogens with zero attached hydrogens (tertiary/aromatic N) is 4. The minimum Gasteiger partial charge on any atom is -0.395 e. The van der Waals surface area contributed by atoms with E-state index in [1.54, 1.807) is 0 Å². The maximum atomic E-state index is 12.1. The number of rotatable bonds is 10. The first-order chi connectivity index (χ1) is 13.8. The normalized spacial score (nSPS) is 10.9. The van der Waals surface area contributed by atoms with Crippen LogP contribution in [0.5, 0.6) is 0 Å². The predicted molar refractivity (Wildman–Crippen MR) is 105 cm³/mol. The van der Waals surface area contributed by atoms with Crippen molar-refractivity contribution in [3.05, 3.63) is 59.7 Å². The van der Waals surface area contributed by atoms with Crippen molar-refractivity contribution in [2.24, 2.45) is 0 Å². The van der Waals surface area contributed by atoms with Crippen molar-refractivity contribution in [3.8, 4) is 22.8 Å². The summed E-state index contributed by atoms with van der Waals surface area (Å²) in [7, 11) is 0. The van der Waals surface area contributed by atoms with Crippen molar-refractivity contribution in [2.45, 2.75) is 13.1 Å². The zero-order valence-corrected chi connectivity index (χ0v) is 15.5. The van der Waals surface area contributed by atoms with Gasteiger partial charge in [-0.3, -0.25) is 0 Å². The summed E-state index contributed by atoms with van der Waals surface area (Å²) in [6.45, 7) is 1.96. The maximum Gasteiger partial charge on any atom is 0.203 e. The summed E-state index contributed by atoms with van der Waals surface area (Å²) in [6, 6.07) is 15.5. The average Bonchev–Trinajstić information content (AvgIpc) is 2.75. The summed E-state index contributed by atoms with van der Waals surface area (Å²) in [5.74, 6) is 0.919. The molecule has 3 aromatic rings. The van der Waals surface area contributed by atoms with Crippen LogP contribution < -0.4 is 10.6 Å². The Hall–Kier alpha value is -2.81. The van der Waals surface area contributed by atoms with E-state index in [2.05, 4.69) is 31.0 Å². The van der Waals surface area contributed by atoms with Gasteiger partial charge in [0.15, 0.2) is 0 Å². The zero-order valence-electron chi connectivity index (χ0n) is 15.5. The third-order valence-electron chi connectivity index (χ3n) is 4.12. The second-order valence-corrected chi connectivity index (χ2v) is 6.21. The Labute approximate surface area is 163 Å². The number of halogens is 1. The van der Waals surface area contributed by atoms with Crippen LogP contribution in [0.1, 0.15) is 11.1 Å². The number of aromatic nitrogens is 4. The summed E-state index contributed by atoms with van der Waals surface area (Å²) >= 11 is 0. The van der Waals surface area contributed by atoms with Crippen LogP contribution in [0.25, 0.3) is 22.8 Å². The van der Waals surface area contributed by atoms with E-state index < -0.39 is 0 Å². The smallest absolute Gasteiger partial charge is 0.203 e. The highest BCUT2D eigenvalue weighted by molar-refractivity contribution is 5.57. The Morgan fingerprint density at radius 3 is 1.50 bits per heavy atom. The molecule has 0 unspecified atom stereocenters. The van der Waals surface area contributed by atoms with Gasteiger partial charge in [0.05, 0.1) is 6.61 Å². The Balaban J connectivity index is 1.63. The molecule has 0 radical (unpaired) electrons. The zero-order chi connectivity index (χ0) is 19.6. The molecule has 0 aliphatic rings. The van der Waals surface area contributed by atoms with Crippen molar-refractivity contribution < 1.29 is 9.50 Å². The molecule has 1 aromatic heterocycles. The van der Waals surface area contributed by atoms with Gasteiger partial charge in [0.1, 0.15) is 6.67 Å². The van der Waals surface area contributed by atoms with Gasteiger partial charge < -0.3 is 15.7 Å². The molecule has 0 spiro atoms. The standard InChI is InChI=1S/C20H23FN6O/c21-9-10-22-13-15-1-5-17(6-2-15)19-24-26-20(27-25-19)18-7-3-16(4-8-18)14-23-11-12-28/h1-8,22-23,28H,9-14H2. The van der Waals surface area contributed by atoms with Crippen LogP contribution in [0.4, 0.5) is 4.39 Å². The molecule has 146 valence electrons. The molecule has 28 heavy (non-hydrogen) atoms. The van der Waals surface area contributed by atoms with Crippen LogP contribution in [0.3, 0.4) is 0 Å². The number of nitrogens with one attached hydrogen (secondary N) is 2. The van der Waals surface area contributed by atoms with Crippen LogP contribution in [-0.4, -0.2) is 51.9 Å². The number of aliphatic hydroxyl groups is 1. The highest BCUT2D eigenvalue weighted by atomic mass is 19.1. The lowest BCUT2D eigenvalue weighted by Crippen LogP contribution is -2.17. The van der Waals surface area contributed by atoms with Gasteiger partial charge >= 0.3 is 0 Å². The van der Waals surface area contributed by atoms with Gasteiger partial charge in [-0.1, -0.05) is 48.5 Å². The summed E-state index contributed by atoms with van der Waals surface area (Å²) in [4.78, 5) is 0. The van der Waals surface area contributed by atoms with Gasteiger partial charge in [-0.25, -0.2) is 4.39 Å². The van der Waals surface area contributed by atoms with Crippen LogP contribution in [0, 0.1) is 0 Å². The maximum absolute atomic E-state index is 12.1. The van der Waals surface area contributed by atoms with E-state index in [0.29, 0.717) is 37.8 Å². The Morgan fingerprint density at radius 1 is 0.679 bits per heavy atom. The number of aliphatic hydroxyl groups excluding tert-OH is 1. The van der Waals surface area contributed by atoms with Crippen molar-refractivity contribution >= 4 is 0 Å². The largest absolute Gasteiger partial charge is 0.395 e. The van der Waals surface area contributed by atoms with Gasteiger partial charge in [-0.2, -0.15) is 0 Å². The molecule has 7 nitrogen and oxygen atoms in total. The van der Waals surface area contributed by atoms with Crippen LogP contribution in [-0.2, 0) is 13.1 Å². The van der Waals surface area contributed by atoms with Crippen molar-refractivity contribution in [2.75, 3.05) is 26.4 Å². The molecule has 3 rings (SSSR count). The molecular weight excluding hydrogens is 359 g/mol. The lowest BCUT2D eigenvalue weighted by Gasteiger charge is -2.05. The Kier molecular flexibility index (Phi) is 7.48. The SMILES string of the molecule is OCCNCc1ccc(-c2nnc(-c3ccc(CNCCF)cc3)nn2)cc1. The van der Waals surface area contributed by atoms with Crippen LogP contribution >= 0.6 is 0 Å². The minimum absolute atomic E-state index is 0.119. The van der Waals surface area contributed by atoms with Crippen molar-refractivity contribution in [1.82, 2.24) is 31.0 Å². The number of hydrogen-bond donors (Lipinski definition) is 3. The first-order valence-corrected chi connectivity index (χ1v) is 9.14. The predicted octanol–water partition coefficient (Wildman–Crippen LogP) is 1.74. The van der Waals surface area contributed by atoms with Gasteiger partial charge in [0.2, 0.25) is 11.6 Å². The third-order valence-corrected chi connectivity index (χ3v) is 4.12. The highest BCUT2D eigenvalue weighted by Gasteiger charge is 2.07. The highest BCUT2D eigenvalue weighted by Crippen LogP contribution is 2.17. The molecule has 0 atom stereocenters. The van der Waals surface area contributed by atoms with E-state index in [9.17, 15) is 4.39 Å². The second kappa shape index (κ2) is 10.5. The number of alkyl halides is 1. The summed E-state index contributed by atoms with van der Waals surface area (Å²) < 4.78 is 12.1. The molecule has 1 heterocycles. The van der Waals surface area contributed by atoms with E-state index in [1.165, 1.54) is 0 Å². The van der Waals surface area contributed by atoms with E-state index in [1.807, 2.05) is 48.5 Å². The number of benzene rings is 2. The molecule has 0 fully saturated rings. The first kappa shape index (κ1) is 19.9.